The van der Waals surface area contributed by atoms with Gasteiger partial charge in [-0.2, -0.15) is 0 Å². The summed E-state index contributed by atoms with van der Waals surface area (Å²) in [6.45, 7) is 7.06. The number of ether oxygens (including phenoxy) is 1. The van der Waals surface area contributed by atoms with Crippen LogP contribution in [0.15, 0.2) is 42.5 Å². The van der Waals surface area contributed by atoms with Crippen LogP contribution < -0.4 is 0 Å². The fraction of sp³-hybridized carbons (Fsp3) is 0.429. The second-order valence-corrected chi connectivity index (χ2v) is 4.30. The zero-order valence-corrected chi connectivity index (χ0v) is 9.28. The van der Waals surface area contributed by atoms with Crippen molar-refractivity contribution in [2.75, 3.05) is 6.61 Å². The molecule has 0 saturated carbocycles. The standard InChI is InChI=1S/C14H18O/c1-11(2)13-9-6-10-15-14(13)12-7-4-3-5-8-12/h3-5,7-8,13-14H,1,6,9-10H2,2H3/t13-,14+/m1/s1. The summed E-state index contributed by atoms with van der Waals surface area (Å²) >= 11 is 0. The van der Waals surface area contributed by atoms with Gasteiger partial charge in [0.05, 0.1) is 6.10 Å². The summed E-state index contributed by atoms with van der Waals surface area (Å²) in [5.41, 5.74) is 2.52. The second kappa shape index (κ2) is 4.63. The third-order valence-corrected chi connectivity index (χ3v) is 3.08. The molecule has 0 bridgehead atoms. The zero-order chi connectivity index (χ0) is 10.7. The lowest BCUT2D eigenvalue weighted by Gasteiger charge is -2.32. The zero-order valence-electron chi connectivity index (χ0n) is 9.28. The van der Waals surface area contributed by atoms with Crippen LogP contribution in [0, 0.1) is 5.92 Å². The van der Waals surface area contributed by atoms with Gasteiger partial charge in [0.2, 0.25) is 0 Å². The van der Waals surface area contributed by atoms with Crippen molar-refractivity contribution in [1.29, 1.82) is 0 Å². The van der Waals surface area contributed by atoms with Crippen LogP contribution in [-0.2, 0) is 4.74 Å². The first-order valence-electron chi connectivity index (χ1n) is 5.61. The van der Waals surface area contributed by atoms with Crippen molar-refractivity contribution in [3.63, 3.8) is 0 Å². The van der Waals surface area contributed by atoms with Gasteiger partial charge in [-0.1, -0.05) is 42.5 Å². The van der Waals surface area contributed by atoms with E-state index in [-0.39, 0.29) is 6.10 Å². The molecule has 0 N–H and O–H groups in total. The molecule has 0 unspecified atom stereocenters. The van der Waals surface area contributed by atoms with Crippen LogP contribution >= 0.6 is 0 Å². The maximum atomic E-state index is 5.88. The van der Waals surface area contributed by atoms with Gasteiger partial charge in [0.25, 0.3) is 0 Å². The molecule has 1 nitrogen and oxygen atoms in total. The molecule has 1 aromatic rings. The Bertz CT molecular complexity index is 328. The van der Waals surface area contributed by atoms with E-state index in [2.05, 4.69) is 37.8 Å². The minimum absolute atomic E-state index is 0.220. The van der Waals surface area contributed by atoms with E-state index in [9.17, 15) is 0 Å². The minimum atomic E-state index is 0.220. The SMILES string of the molecule is C=C(C)[C@H]1CCCO[C@H]1c1ccccc1. The maximum Gasteiger partial charge on any atom is 0.0889 e. The molecule has 1 aromatic carbocycles. The molecule has 0 aliphatic carbocycles. The van der Waals surface area contributed by atoms with Crippen molar-refractivity contribution < 1.29 is 4.74 Å². The van der Waals surface area contributed by atoms with E-state index in [1.54, 1.807) is 0 Å². The first-order chi connectivity index (χ1) is 7.29. The van der Waals surface area contributed by atoms with E-state index in [1.165, 1.54) is 17.6 Å². The quantitative estimate of drug-likeness (QED) is 0.664. The maximum absolute atomic E-state index is 5.88. The third kappa shape index (κ3) is 2.29. The lowest BCUT2D eigenvalue weighted by atomic mass is 9.85. The molecule has 1 heteroatoms. The molecular formula is C14H18O. The molecule has 0 radical (unpaired) electrons. The lowest BCUT2D eigenvalue weighted by molar-refractivity contribution is -0.0160. The van der Waals surface area contributed by atoms with Gasteiger partial charge in [-0.25, -0.2) is 0 Å². The van der Waals surface area contributed by atoms with Crippen LogP contribution in [-0.4, -0.2) is 6.61 Å². The highest BCUT2D eigenvalue weighted by Gasteiger charge is 2.27. The van der Waals surface area contributed by atoms with Crippen molar-refractivity contribution in [3.05, 3.63) is 48.0 Å². The average molecular weight is 202 g/mol. The van der Waals surface area contributed by atoms with E-state index >= 15 is 0 Å². The topological polar surface area (TPSA) is 9.23 Å². The van der Waals surface area contributed by atoms with Gasteiger partial charge < -0.3 is 4.74 Å². The summed E-state index contributed by atoms with van der Waals surface area (Å²) in [5.74, 6) is 0.487. The summed E-state index contributed by atoms with van der Waals surface area (Å²) in [5, 5.41) is 0. The Morgan fingerprint density at radius 3 is 2.73 bits per heavy atom. The molecule has 2 rings (SSSR count). The first kappa shape index (κ1) is 10.4. The Hall–Kier alpha value is -1.08. The number of hydrogen-bond donors (Lipinski definition) is 0. The molecule has 1 fully saturated rings. The van der Waals surface area contributed by atoms with Crippen molar-refractivity contribution >= 4 is 0 Å². The fourth-order valence-corrected chi connectivity index (χ4v) is 2.26. The molecule has 0 aromatic heterocycles. The van der Waals surface area contributed by atoms with Crippen molar-refractivity contribution in [1.82, 2.24) is 0 Å². The van der Waals surface area contributed by atoms with Gasteiger partial charge in [0.1, 0.15) is 0 Å². The van der Waals surface area contributed by atoms with E-state index in [0.29, 0.717) is 5.92 Å². The smallest absolute Gasteiger partial charge is 0.0889 e. The number of hydrogen-bond acceptors (Lipinski definition) is 1. The van der Waals surface area contributed by atoms with Gasteiger partial charge in [0.15, 0.2) is 0 Å². The largest absolute Gasteiger partial charge is 0.373 e. The molecule has 1 aliphatic rings. The van der Waals surface area contributed by atoms with E-state index < -0.39 is 0 Å². The van der Waals surface area contributed by atoms with Crippen LogP contribution in [0.25, 0.3) is 0 Å². The molecule has 2 atom stereocenters. The lowest BCUT2D eigenvalue weighted by Crippen LogP contribution is -2.23. The summed E-state index contributed by atoms with van der Waals surface area (Å²) in [7, 11) is 0. The van der Waals surface area contributed by atoms with Crippen LogP contribution in [0.2, 0.25) is 0 Å². The summed E-state index contributed by atoms with van der Waals surface area (Å²) < 4.78 is 5.88. The highest BCUT2D eigenvalue weighted by atomic mass is 16.5. The van der Waals surface area contributed by atoms with Gasteiger partial charge in [-0.15, -0.1) is 0 Å². The molecular weight excluding hydrogens is 184 g/mol. The Morgan fingerprint density at radius 2 is 2.07 bits per heavy atom. The van der Waals surface area contributed by atoms with Crippen LogP contribution in [0.3, 0.4) is 0 Å². The van der Waals surface area contributed by atoms with Crippen molar-refractivity contribution in [3.8, 4) is 0 Å². The number of benzene rings is 1. The normalized spacial score (nSPS) is 26.2. The van der Waals surface area contributed by atoms with Crippen LogP contribution in [0.5, 0.6) is 0 Å². The first-order valence-corrected chi connectivity index (χ1v) is 5.61. The van der Waals surface area contributed by atoms with Crippen LogP contribution in [0.1, 0.15) is 31.4 Å². The molecule has 1 heterocycles. The molecule has 0 spiro atoms. The van der Waals surface area contributed by atoms with Gasteiger partial charge in [-0.3, -0.25) is 0 Å². The van der Waals surface area contributed by atoms with Crippen molar-refractivity contribution in [2.24, 2.45) is 5.92 Å². The summed E-state index contributed by atoms with van der Waals surface area (Å²) in [4.78, 5) is 0. The third-order valence-electron chi connectivity index (χ3n) is 3.08. The van der Waals surface area contributed by atoms with Gasteiger partial charge in [-0.05, 0) is 25.3 Å². The molecule has 1 aliphatic heterocycles. The Balaban J connectivity index is 2.22. The predicted octanol–water partition coefficient (Wildman–Crippen LogP) is 3.73. The predicted molar refractivity (Wildman–Crippen MR) is 62.7 cm³/mol. The second-order valence-electron chi connectivity index (χ2n) is 4.30. The average Bonchev–Trinajstić information content (AvgIpc) is 2.30. The number of rotatable bonds is 2. The van der Waals surface area contributed by atoms with E-state index in [1.807, 2.05) is 6.07 Å². The van der Waals surface area contributed by atoms with Crippen molar-refractivity contribution in [2.45, 2.75) is 25.9 Å². The Kier molecular flexibility index (Phi) is 3.22. The molecule has 0 amide bonds. The molecule has 1 saturated heterocycles. The van der Waals surface area contributed by atoms with Crippen LogP contribution in [0.4, 0.5) is 0 Å². The minimum Gasteiger partial charge on any atom is -0.373 e. The van der Waals surface area contributed by atoms with Gasteiger partial charge in [0, 0.05) is 12.5 Å². The Labute approximate surface area is 91.8 Å². The van der Waals surface area contributed by atoms with Gasteiger partial charge >= 0.3 is 0 Å². The summed E-state index contributed by atoms with van der Waals surface area (Å²) in [6, 6.07) is 10.5. The molecule has 15 heavy (non-hydrogen) atoms. The Morgan fingerprint density at radius 1 is 1.33 bits per heavy atom. The highest BCUT2D eigenvalue weighted by molar-refractivity contribution is 5.21. The van der Waals surface area contributed by atoms with E-state index in [0.717, 1.165) is 13.0 Å². The fourth-order valence-electron chi connectivity index (χ4n) is 2.26. The monoisotopic (exact) mass is 202 g/mol. The molecule has 80 valence electrons. The highest BCUT2D eigenvalue weighted by Crippen LogP contribution is 2.37. The van der Waals surface area contributed by atoms with E-state index in [4.69, 9.17) is 4.74 Å². The summed E-state index contributed by atoms with van der Waals surface area (Å²) in [6.07, 6.45) is 2.58.